The number of halogens is 1. The number of nitrogens with two attached hydrogens (primary N) is 1. The molecule has 1 aromatic rings. The van der Waals surface area contributed by atoms with Crippen molar-refractivity contribution in [2.75, 3.05) is 13.2 Å². The van der Waals surface area contributed by atoms with Crippen LogP contribution in [0, 0.1) is 0 Å². The Morgan fingerprint density at radius 2 is 1.88 bits per heavy atom. The summed E-state index contributed by atoms with van der Waals surface area (Å²) < 4.78 is 12.4. The topological polar surface area (TPSA) is 44.5 Å². The molecular formula is C13H16BrNO2. The van der Waals surface area contributed by atoms with Crippen LogP contribution < -0.4 is 15.2 Å². The molecule has 1 fully saturated rings. The van der Waals surface area contributed by atoms with Gasteiger partial charge in [-0.1, -0.05) is 6.07 Å². The van der Waals surface area contributed by atoms with Gasteiger partial charge in [-0.05, 0) is 41.8 Å². The fourth-order valence-electron chi connectivity index (χ4n) is 2.60. The minimum absolute atomic E-state index is 0.103. The predicted octanol–water partition coefficient (Wildman–Crippen LogP) is 2.60. The summed E-state index contributed by atoms with van der Waals surface area (Å²) in [5.74, 6) is 1.72. The molecule has 3 rings (SSSR count). The van der Waals surface area contributed by atoms with E-state index in [1.807, 2.05) is 6.07 Å². The maximum absolute atomic E-state index is 6.13. The molecule has 2 N–H and O–H groups in total. The average molecular weight is 298 g/mol. The number of hydrogen-bond donors (Lipinski definition) is 1. The Balaban J connectivity index is 2.12. The minimum atomic E-state index is 0.103. The van der Waals surface area contributed by atoms with E-state index in [2.05, 4.69) is 28.9 Å². The highest BCUT2D eigenvalue weighted by atomic mass is 79.9. The zero-order chi connectivity index (χ0) is 12.0. The zero-order valence-electron chi connectivity index (χ0n) is 9.83. The first-order valence-electron chi connectivity index (χ1n) is 5.99. The van der Waals surface area contributed by atoms with Crippen LogP contribution in [0.5, 0.6) is 11.5 Å². The van der Waals surface area contributed by atoms with Crippen molar-refractivity contribution < 1.29 is 9.47 Å². The maximum atomic E-state index is 6.13. The van der Waals surface area contributed by atoms with Gasteiger partial charge in [-0.2, -0.15) is 0 Å². The van der Waals surface area contributed by atoms with E-state index in [1.165, 1.54) is 5.56 Å². The van der Waals surface area contributed by atoms with Crippen LogP contribution >= 0.6 is 15.9 Å². The monoisotopic (exact) mass is 297 g/mol. The molecular weight excluding hydrogens is 282 g/mol. The molecule has 1 unspecified atom stereocenters. The van der Waals surface area contributed by atoms with E-state index in [-0.39, 0.29) is 11.5 Å². The molecule has 1 heterocycles. The van der Waals surface area contributed by atoms with Gasteiger partial charge in [0.15, 0.2) is 11.5 Å². The Morgan fingerprint density at radius 3 is 2.47 bits per heavy atom. The molecule has 1 aromatic carbocycles. The molecule has 0 saturated heterocycles. The molecule has 2 aliphatic rings. The van der Waals surface area contributed by atoms with Crippen LogP contribution in [0.3, 0.4) is 0 Å². The number of ether oxygens (including phenoxy) is 2. The van der Waals surface area contributed by atoms with Gasteiger partial charge >= 0.3 is 0 Å². The summed E-state index contributed by atoms with van der Waals surface area (Å²) in [6.45, 7) is 3.30. The maximum Gasteiger partial charge on any atom is 0.175 e. The lowest BCUT2D eigenvalue weighted by molar-refractivity contribution is 0.167. The molecule has 1 aliphatic carbocycles. The lowest BCUT2D eigenvalue weighted by Crippen LogP contribution is -2.32. The Kier molecular flexibility index (Phi) is 2.60. The van der Waals surface area contributed by atoms with Gasteiger partial charge in [-0.3, -0.25) is 0 Å². The van der Waals surface area contributed by atoms with Crippen LogP contribution in [0.1, 0.15) is 25.3 Å². The second kappa shape index (κ2) is 3.89. The van der Waals surface area contributed by atoms with Gasteiger partial charge in [-0.25, -0.2) is 0 Å². The molecule has 1 atom stereocenters. The average Bonchev–Trinajstić information content (AvgIpc) is 3.11. The number of benzene rings is 1. The van der Waals surface area contributed by atoms with Crippen molar-refractivity contribution in [2.45, 2.75) is 31.2 Å². The van der Waals surface area contributed by atoms with Gasteiger partial charge in [0.1, 0.15) is 13.2 Å². The molecule has 0 bridgehead atoms. The van der Waals surface area contributed by atoms with Crippen LogP contribution in [0.25, 0.3) is 0 Å². The van der Waals surface area contributed by atoms with Gasteiger partial charge in [-0.15, -0.1) is 0 Å². The molecule has 3 nitrogen and oxygen atoms in total. The second-order valence-electron chi connectivity index (χ2n) is 4.89. The third-order valence-electron chi connectivity index (χ3n) is 3.84. The van der Waals surface area contributed by atoms with Crippen LogP contribution in [0.4, 0.5) is 0 Å². The summed E-state index contributed by atoms with van der Waals surface area (Å²) in [5, 5.41) is 0. The lowest BCUT2D eigenvalue weighted by Gasteiger charge is -2.27. The summed E-state index contributed by atoms with van der Waals surface area (Å²) in [7, 11) is 0. The smallest absolute Gasteiger partial charge is 0.175 e. The summed E-state index contributed by atoms with van der Waals surface area (Å²) in [6.07, 6.45) is 2.28. The van der Waals surface area contributed by atoms with Crippen molar-refractivity contribution in [3.8, 4) is 11.5 Å². The van der Waals surface area contributed by atoms with Gasteiger partial charge < -0.3 is 15.2 Å². The summed E-state index contributed by atoms with van der Waals surface area (Å²) in [6, 6.07) is 4.30. The van der Waals surface area contributed by atoms with Crippen molar-refractivity contribution in [3.05, 3.63) is 22.2 Å². The molecule has 0 amide bonds. The van der Waals surface area contributed by atoms with E-state index >= 15 is 0 Å². The highest BCUT2D eigenvalue weighted by Gasteiger charge is 2.50. The van der Waals surface area contributed by atoms with Crippen molar-refractivity contribution in [1.29, 1.82) is 0 Å². The third-order valence-corrected chi connectivity index (χ3v) is 4.46. The van der Waals surface area contributed by atoms with Crippen LogP contribution in [0.2, 0.25) is 0 Å². The van der Waals surface area contributed by atoms with Crippen LogP contribution in [-0.4, -0.2) is 19.3 Å². The van der Waals surface area contributed by atoms with E-state index < -0.39 is 0 Å². The van der Waals surface area contributed by atoms with Crippen LogP contribution in [-0.2, 0) is 5.41 Å². The number of fused-ring (bicyclic) bond motifs is 1. The fourth-order valence-corrected chi connectivity index (χ4v) is 3.03. The van der Waals surface area contributed by atoms with E-state index in [9.17, 15) is 0 Å². The summed E-state index contributed by atoms with van der Waals surface area (Å²) >= 11 is 3.50. The molecule has 0 aromatic heterocycles. The Morgan fingerprint density at radius 1 is 1.24 bits per heavy atom. The fraction of sp³-hybridized carbons (Fsp3) is 0.538. The summed E-state index contributed by atoms with van der Waals surface area (Å²) in [5.41, 5.74) is 7.44. The molecule has 1 aliphatic heterocycles. The Hall–Kier alpha value is -0.740. The highest BCUT2D eigenvalue weighted by Crippen LogP contribution is 2.56. The first-order valence-corrected chi connectivity index (χ1v) is 6.78. The van der Waals surface area contributed by atoms with Crippen molar-refractivity contribution >= 4 is 15.9 Å². The normalized spacial score (nSPS) is 22.1. The predicted molar refractivity (Wildman–Crippen MR) is 69.7 cm³/mol. The Bertz CT molecular complexity index is 455. The Labute approximate surface area is 109 Å². The van der Waals surface area contributed by atoms with Crippen molar-refractivity contribution in [1.82, 2.24) is 0 Å². The van der Waals surface area contributed by atoms with E-state index in [0.29, 0.717) is 13.2 Å². The zero-order valence-corrected chi connectivity index (χ0v) is 11.4. The number of hydrogen-bond acceptors (Lipinski definition) is 3. The first-order chi connectivity index (χ1) is 8.15. The first kappa shape index (κ1) is 11.4. The van der Waals surface area contributed by atoms with Gasteiger partial charge in [0, 0.05) is 17.0 Å². The standard InChI is InChI=1S/C13H16BrNO2/c1-8(15)13(4-5-13)9-2-3-10(14)12-11(9)16-6-7-17-12/h2-3,8H,4-7,15H2,1H3. The quantitative estimate of drug-likeness (QED) is 0.912. The van der Waals surface area contributed by atoms with Crippen molar-refractivity contribution in [2.24, 2.45) is 5.73 Å². The molecule has 0 radical (unpaired) electrons. The molecule has 1 saturated carbocycles. The van der Waals surface area contributed by atoms with Gasteiger partial charge in [0.25, 0.3) is 0 Å². The van der Waals surface area contributed by atoms with E-state index in [4.69, 9.17) is 15.2 Å². The SMILES string of the molecule is CC(N)C1(c2ccc(Br)c3c2OCCO3)CC1. The van der Waals surface area contributed by atoms with E-state index in [1.54, 1.807) is 0 Å². The molecule has 4 heteroatoms. The van der Waals surface area contributed by atoms with Crippen LogP contribution in [0.15, 0.2) is 16.6 Å². The molecule has 0 spiro atoms. The molecule has 92 valence electrons. The summed E-state index contributed by atoms with van der Waals surface area (Å²) in [4.78, 5) is 0. The lowest BCUT2D eigenvalue weighted by atomic mass is 9.88. The van der Waals surface area contributed by atoms with Gasteiger partial charge in [0.05, 0.1) is 4.47 Å². The largest absolute Gasteiger partial charge is 0.486 e. The van der Waals surface area contributed by atoms with Gasteiger partial charge in [0.2, 0.25) is 0 Å². The molecule has 17 heavy (non-hydrogen) atoms. The van der Waals surface area contributed by atoms with Crippen molar-refractivity contribution in [3.63, 3.8) is 0 Å². The highest BCUT2D eigenvalue weighted by molar-refractivity contribution is 9.10. The number of rotatable bonds is 2. The third kappa shape index (κ3) is 1.66. The second-order valence-corrected chi connectivity index (χ2v) is 5.75. The minimum Gasteiger partial charge on any atom is -0.486 e. The van der Waals surface area contributed by atoms with E-state index in [0.717, 1.165) is 28.8 Å².